The van der Waals surface area contributed by atoms with Gasteiger partial charge in [-0.1, -0.05) is 48.8 Å². The maximum atomic E-state index is 12.9. The fourth-order valence-electron chi connectivity index (χ4n) is 5.29. The summed E-state index contributed by atoms with van der Waals surface area (Å²) in [6, 6.07) is 7.06. The van der Waals surface area contributed by atoms with Crippen LogP contribution in [0.2, 0.25) is 0 Å². The van der Waals surface area contributed by atoms with Crippen molar-refractivity contribution in [1.82, 2.24) is 4.90 Å². The van der Waals surface area contributed by atoms with Crippen LogP contribution >= 0.6 is 0 Å². The normalized spacial score (nSPS) is 23.9. The third-order valence-electron chi connectivity index (χ3n) is 6.85. The summed E-state index contributed by atoms with van der Waals surface area (Å²) < 4.78 is 4.59. The van der Waals surface area contributed by atoms with Crippen molar-refractivity contribution in [2.24, 2.45) is 17.8 Å². The van der Waals surface area contributed by atoms with Crippen LogP contribution in [0.1, 0.15) is 51.5 Å². The van der Waals surface area contributed by atoms with Gasteiger partial charge in [-0.3, -0.25) is 9.59 Å². The number of nitrogens with zero attached hydrogens (tertiary/aromatic N) is 1. The van der Waals surface area contributed by atoms with Crippen molar-refractivity contribution < 1.29 is 34.4 Å². The van der Waals surface area contributed by atoms with Crippen molar-refractivity contribution in [3.05, 3.63) is 46.5 Å². The second-order valence-corrected chi connectivity index (χ2v) is 9.01. The van der Waals surface area contributed by atoms with E-state index in [1.807, 2.05) is 18.2 Å². The number of fused-ring (bicyclic) bond motifs is 1. The number of carbonyl (C=O) groups is 3. The lowest BCUT2D eigenvalue weighted by molar-refractivity contribution is -0.137. The third-order valence-corrected chi connectivity index (χ3v) is 6.85. The molecule has 0 saturated carbocycles. The molecule has 1 aliphatic carbocycles. The first kappa shape index (κ1) is 25.6. The molecular weight excluding hydrogens is 438 g/mol. The number of phenols is 1. The zero-order valence-corrected chi connectivity index (χ0v) is 19.9. The molecule has 1 heterocycles. The van der Waals surface area contributed by atoms with Gasteiger partial charge in [0.1, 0.15) is 5.75 Å². The van der Waals surface area contributed by atoms with Crippen molar-refractivity contribution in [3.8, 4) is 5.75 Å². The number of rotatable bonds is 8. The summed E-state index contributed by atoms with van der Waals surface area (Å²) in [4.78, 5) is 38.2. The van der Waals surface area contributed by atoms with E-state index in [-0.39, 0.29) is 12.2 Å². The van der Waals surface area contributed by atoms with E-state index in [1.54, 1.807) is 19.1 Å². The fourth-order valence-corrected chi connectivity index (χ4v) is 5.29. The topological polar surface area (TPSA) is 124 Å². The summed E-state index contributed by atoms with van der Waals surface area (Å²) in [5, 5.41) is 31.4. The van der Waals surface area contributed by atoms with Crippen LogP contribution in [0.3, 0.4) is 0 Å². The Morgan fingerprint density at radius 3 is 2.56 bits per heavy atom. The summed E-state index contributed by atoms with van der Waals surface area (Å²) in [5.41, 5.74) is 3.10. The summed E-state index contributed by atoms with van der Waals surface area (Å²) in [5.74, 6) is -3.54. The van der Waals surface area contributed by atoms with Crippen molar-refractivity contribution in [3.63, 3.8) is 0 Å². The lowest BCUT2D eigenvalue weighted by atomic mass is 9.68. The number of aliphatic hydroxyl groups is 2. The van der Waals surface area contributed by atoms with Gasteiger partial charge in [-0.2, -0.15) is 4.90 Å². The van der Waals surface area contributed by atoms with Gasteiger partial charge in [0, 0.05) is 11.5 Å². The average Bonchev–Trinajstić information content (AvgIpc) is 3.06. The predicted octanol–water partition coefficient (Wildman–Crippen LogP) is 3.41. The largest absolute Gasteiger partial charge is 0.507 e. The number of aromatic hydroxyl groups is 1. The number of likely N-dealkylation sites (tertiary alicyclic amines) is 1. The van der Waals surface area contributed by atoms with Crippen molar-refractivity contribution in [2.45, 2.75) is 52.1 Å². The molecule has 184 valence electrons. The summed E-state index contributed by atoms with van der Waals surface area (Å²) in [6.07, 6.45) is 2.85. The van der Waals surface area contributed by atoms with Crippen LogP contribution in [0.15, 0.2) is 41.0 Å². The average molecular weight is 472 g/mol. The molecule has 1 aliphatic heterocycles. The van der Waals surface area contributed by atoms with Gasteiger partial charge in [-0.05, 0) is 44.2 Å². The highest BCUT2D eigenvalue weighted by Gasteiger charge is 2.56. The Kier molecular flexibility index (Phi) is 8.28. The summed E-state index contributed by atoms with van der Waals surface area (Å²) in [6.45, 7) is 3.43. The third kappa shape index (κ3) is 4.93. The van der Waals surface area contributed by atoms with E-state index in [0.29, 0.717) is 28.9 Å². The minimum Gasteiger partial charge on any atom is -0.507 e. The molecule has 3 rings (SSSR count). The molecule has 8 heteroatoms. The molecule has 3 N–H and O–H groups in total. The van der Waals surface area contributed by atoms with E-state index in [0.717, 1.165) is 31.1 Å². The Labute approximate surface area is 199 Å². The SMILES string of the molecule is CCC/C(=C\c1ccccc1O)CC[C@@H](O)C1=C(C)C[C@H]2C(=O)N(C(=O)OC)C(=O)[C@H]2[C@H]1CO. The molecule has 1 aromatic rings. The van der Waals surface area contributed by atoms with Crippen LogP contribution in [0, 0.1) is 17.8 Å². The minimum absolute atomic E-state index is 0.188. The standard InChI is InChI=1S/C26H33NO7/c1-4-7-16(13-17-8-5-6-9-20(17)29)10-11-21(30)22-15(2)12-18-23(19(22)14-28)25(32)27(24(18)31)26(33)34-3/h5-6,8-9,13,18-19,21,23,28-30H,4,7,10-12,14H2,1-3H3/b16-13+/t18-,19+,21-,23-/m1/s1. The highest BCUT2D eigenvalue weighted by atomic mass is 16.5. The minimum atomic E-state index is -1.03. The van der Waals surface area contributed by atoms with E-state index in [2.05, 4.69) is 11.7 Å². The van der Waals surface area contributed by atoms with E-state index < -0.39 is 48.4 Å². The van der Waals surface area contributed by atoms with Gasteiger partial charge < -0.3 is 20.1 Å². The number of carbonyl (C=O) groups excluding carboxylic acids is 3. The van der Waals surface area contributed by atoms with Crippen LogP contribution in [0.5, 0.6) is 5.75 Å². The number of hydrogen-bond donors (Lipinski definition) is 3. The van der Waals surface area contributed by atoms with E-state index >= 15 is 0 Å². The van der Waals surface area contributed by atoms with Crippen LogP contribution in [-0.4, -0.2) is 57.9 Å². The van der Waals surface area contributed by atoms with Gasteiger partial charge in [0.2, 0.25) is 11.8 Å². The smallest absolute Gasteiger partial charge is 0.423 e. The number of ether oxygens (including phenoxy) is 1. The van der Waals surface area contributed by atoms with Gasteiger partial charge >= 0.3 is 6.09 Å². The monoisotopic (exact) mass is 471 g/mol. The van der Waals surface area contributed by atoms with Crippen molar-refractivity contribution in [2.75, 3.05) is 13.7 Å². The molecule has 3 amide bonds. The molecule has 1 aromatic carbocycles. The van der Waals surface area contributed by atoms with Crippen LogP contribution < -0.4 is 0 Å². The maximum absolute atomic E-state index is 12.9. The number of allylic oxidation sites excluding steroid dienone is 2. The number of amides is 3. The number of imide groups is 3. The van der Waals surface area contributed by atoms with Crippen LogP contribution in [-0.2, 0) is 14.3 Å². The molecule has 8 nitrogen and oxygen atoms in total. The lowest BCUT2D eigenvalue weighted by Crippen LogP contribution is -2.39. The van der Waals surface area contributed by atoms with Gasteiger partial charge in [0.25, 0.3) is 0 Å². The fraction of sp³-hybridized carbons (Fsp3) is 0.500. The predicted molar refractivity (Wildman–Crippen MR) is 125 cm³/mol. The first-order valence-electron chi connectivity index (χ1n) is 11.7. The molecule has 0 unspecified atom stereocenters. The first-order valence-corrected chi connectivity index (χ1v) is 11.7. The highest BCUT2D eigenvalue weighted by Crippen LogP contribution is 2.46. The van der Waals surface area contributed by atoms with Crippen LogP contribution in [0.25, 0.3) is 6.08 Å². The van der Waals surface area contributed by atoms with Gasteiger partial charge in [0.05, 0.1) is 31.7 Å². The zero-order valence-electron chi connectivity index (χ0n) is 19.9. The molecule has 4 atom stereocenters. The van der Waals surface area contributed by atoms with Crippen molar-refractivity contribution in [1.29, 1.82) is 0 Å². The molecule has 0 spiro atoms. The number of aliphatic hydroxyl groups excluding tert-OH is 2. The Bertz CT molecular complexity index is 1010. The molecular formula is C26H33NO7. The summed E-state index contributed by atoms with van der Waals surface area (Å²) in [7, 11) is 1.10. The molecule has 2 aliphatic rings. The Morgan fingerprint density at radius 2 is 1.94 bits per heavy atom. The second-order valence-electron chi connectivity index (χ2n) is 9.01. The highest BCUT2D eigenvalue weighted by molar-refractivity contribution is 6.15. The number of methoxy groups -OCH3 is 1. The zero-order chi connectivity index (χ0) is 25.0. The van der Waals surface area contributed by atoms with Gasteiger partial charge in [-0.15, -0.1) is 0 Å². The maximum Gasteiger partial charge on any atom is 0.423 e. The number of benzene rings is 1. The van der Waals surface area contributed by atoms with Gasteiger partial charge in [0.15, 0.2) is 0 Å². The second kappa shape index (κ2) is 11.0. The number of para-hydroxylation sites is 1. The number of phenolic OH excluding ortho intramolecular Hbond substituents is 1. The van der Waals surface area contributed by atoms with Crippen molar-refractivity contribution >= 4 is 24.0 Å². The molecule has 34 heavy (non-hydrogen) atoms. The van der Waals surface area contributed by atoms with E-state index in [1.165, 1.54) is 0 Å². The molecule has 0 radical (unpaired) electrons. The first-order chi connectivity index (χ1) is 16.2. The molecule has 1 saturated heterocycles. The molecule has 0 aromatic heterocycles. The van der Waals surface area contributed by atoms with Crippen LogP contribution in [0.4, 0.5) is 4.79 Å². The quantitative estimate of drug-likeness (QED) is 0.392. The Hall–Kier alpha value is -2.97. The Morgan fingerprint density at radius 1 is 1.24 bits per heavy atom. The van der Waals surface area contributed by atoms with E-state index in [4.69, 9.17) is 0 Å². The Balaban J connectivity index is 1.82. The summed E-state index contributed by atoms with van der Waals surface area (Å²) >= 11 is 0. The van der Waals surface area contributed by atoms with E-state index in [9.17, 15) is 29.7 Å². The number of hydrogen-bond acceptors (Lipinski definition) is 7. The molecule has 1 fully saturated rings. The lowest BCUT2D eigenvalue weighted by Gasteiger charge is -2.35. The molecule has 0 bridgehead atoms. The van der Waals surface area contributed by atoms with Gasteiger partial charge in [-0.25, -0.2) is 4.79 Å².